The van der Waals surface area contributed by atoms with E-state index in [9.17, 15) is 4.79 Å². The number of fused-ring (bicyclic) bond motifs is 3. The predicted octanol–water partition coefficient (Wildman–Crippen LogP) is 3.15. The minimum absolute atomic E-state index is 0.177. The van der Waals surface area contributed by atoms with E-state index in [-0.39, 0.29) is 5.78 Å². The molecule has 0 saturated carbocycles. The van der Waals surface area contributed by atoms with E-state index in [1.807, 2.05) is 0 Å². The van der Waals surface area contributed by atoms with Crippen molar-refractivity contribution >= 4 is 39.2 Å². The van der Waals surface area contributed by atoms with Crippen molar-refractivity contribution in [3.63, 3.8) is 0 Å². The number of aromatic nitrogens is 3. The lowest BCUT2D eigenvalue weighted by Crippen LogP contribution is -2.47. The molecule has 4 rings (SSSR count). The van der Waals surface area contributed by atoms with Crippen LogP contribution in [0.15, 0.2) is 18.2 Å². The molecule has 1 saturated heterocycles. The molecular formula is C24H34N6O2. The van der Waals surface area contributed by atoms with Gasteiger partial charge in [0.2, 0.25) is 0 Å². The minimum Gasteiger partial charge on any atom is -0.382 e. The molecule has 0 atom stereocenters. The molecule has 3 aromatic rings. The van der Waals surface area contributed by atoms with Gasteiger partial charge in [0.05, 0.1) is 24.2 Å². The second-order valence-corrected chi connectivity index (χ2v) is 8.60. The molecule has 1 aromatic carbocycles. The third-order valence-corrected chi connectivity index (χ3v) is 6.14. The molecule has 0 bridgehead atoms. The Morgan fingerprint density at radius 3 is 2.75 bits per heavy atom. The Balaban J connectivity index is 1.42. The van der Waals surface area contributed by atoms with Gasteiger partial charge in [0.1, 0.15) is 17.1 Å². The van der Waals surface area contributed by atoms with Crippen LogP contribution in [0.1, 0.15) is 38.9 Å². The van der Waals surface area contributed by atoms with Crippen LogP contribution in [0.5, 0.6) is 0 Å². The molecule has 1 aliphatic rings. The minimum atomic E-state index is 0.177. The molecule has 3 heterocycles. The Morgan fingerprint density at radius 2 is 2.00 bits per heavy atom. The fraction of sp³-hybridized carbons (Fsp3) is 0.542. The second kappa shape index (κ2) is 10.3. The van der Waals surface area contributed by atoms with Crippen LogP contribution >= 0.6 is 0 Å². The van der Waals surface area contributed by atoms with Crippen molar-refractivity contribution in [2.75, 3.05) is 56.6 Å². The highest BCUT2D eigenvalue weighted by molar-refractivity contribution is 6.07. The average Bonchev–Trinajstić information content (AvgIpc) is 3.23. The number of aryl methyl sites for hydroxylation is 1. The summed E-state index contributed by atoms with van der Waals surface area (Å²) in [5.41, 5.74) is 10.1. The van der Waals surface area contributed by atoms with Crippen molar-refractivity contribution in [1.82, 2.24) is 19.9 Å². The van der Waals surface area contributed by atoms with E-state index >= 15 is 0 Å². The molecule has 3 N–H and O–H groups in total. The number of carbonyl (C=O) groups is 1. The summed E-state index contributed by atoms with van der Waals surface area (Å²) in [7, 11) is 0. The van der Waals surface area contributed by atoms with E-state index in [2.05, 4.69) is 44.9 Å². The molecule has 1 fully saturated rings. The van der Waals surface area contributed by atoms with Gasteiger partial charge in [-0.1, -0.05) is 13.3 Å². The first kappa shape index (κ1) is 22.5. The fourth-order valence-corrected chi connectivity index (χ4v) is 4.21. The molecular weight excluding hydrogens is 404 g/mol. The molecule has 32 heavy (non-hydrogen) atoms. The highest BCUT2D eigenvalue weighted by atomic mass is 16.5. The number of Topliss-reactive ketones (excluding diaryl/α,β-unsaturated/α-hetero) is 1. The van der Waals surface area contributed by atoms with Crippen molar-refractivity contribution in [3.05, 3.63) is 24.0 Å². The first-order chi connectivity index (χ1) is 15.5. The van der Waals surface area contributed by atoms with Crippen LogP contribution in [0.2, 0.25) is 0 Å². The van der Waals surface area contributed by atoms with Gasteiger partial charge in [0, 0.05) is 56.6 Å². The number of imidazole rings is 1. The Labute approximate surface area is 189 Å². The summed E-state index contributed by atoms with van der Waals surface area (Å²) in [5, 5.41) is 1.07. The van der Waals surface area contributed by atoms with Crippen LogP contribution in [-0.4, -0.2) is 71.6 Å². The van der Waals surface area contributed by atoms with Gasteiger partial charge >= 0.3 is 0 Å². The summed E-state index contributed by atoms with van der Waals surface area (Å²) in [6, 6.07) is 6.41. The van der Waals surface area contributed by atoms with Crippen LogP contribution in [0.4, 0.5) is 11.5 Å². The number of unbranched alkanes of at least 4 members (excludes halogenated alkanes) is 1. The molecule has 0 radical (unpaired) electrons. The number of benzene rings is 1. The molecule has 0 spiro atoms. The topological polar surface area (TPSA) is 100 Å². The maximum absolute atomic E-state index is 11.0. The van der Waals surface area contributed by atoms with E-state index in [1.165, 1.54) is 5.69 Å². The number of carbonyl (C=O) groups excluding carboxylic acids is 1. The number of rotatable bonds is 10. The summed E-state index contributed by atoms with van der Waals surface area (Å²) in [4.78, 5) is 28.6. The average molecular weight is 439 g/mol. The molecule has 0 unspecified atom stereocenters. The second-order valence-electron chi connectivity index (χ2n) is 8.60. The maximum Gasteiger partial charge on any atom is 0.152 e. The van der Waals surface area contributed by atoms with Crippen molar-refractivity contribution < 1.29 is 9.53 Å². The molecule has 0 aliphatic carbocycles. The molecule has 8 nitrogen and oxygen atoms in total. The number of nitrogens with zero attached hydrogens (tertiary/aromatic N) is 4. The zero-order valence-electron chi connectivity index (χ0n) is 19.2. The largest absolute Gasteiger partial charge is 0.382 e. The number of H-pyrrole nitrogens is 1. The van der Waals surface area contributed by atoms with Crippen molar-refractivity contribution in [2.45, 2.75) is 39.5 Å². The van der Waals surface area contributed by atoms with Crippen LogP contribution < -0.4 is 10.6 Å². The predicted molar refractivity (Wildman–Crippen MR) is 129 cm³/mol. The number of piperazine rings is 1. The monoisotopic (exact) mass is 438 g/mol. The number of ether oxygens (including phenoxy) is 1. The Hall–Kier alpha value is -2.71. The number of ketones is 1. The van der Waals surface area contributed by atoms with Gasteiger partial charge in [-0.05, 0) is 31.5 Å². The van der Waals surface area contributed by atoms with E-state index in [1.54, 1.807) is 6.92 Å². The zero-order chi connectivity index (χ0) is 22.5. The van der Waals surface area contributed by atoms with Gasteiger partial charge in [-0.3, -0.25) is 9.69 Å². The van der Waals surface area contributed by atoms with Crippen LogP contribution in [0, 0.1) is 0 Å². The number of nitrogens with one attached hydrogen (secondary N) is 1. The quantitative estimate of drug-likeness (QED) is 0.469. The number of nitrogens with two attached hydrogens (primary N) is 1. The Kier molecular flexibility index (Phi) is 7.22. The molecule has 0 amide bonds. The lowest BCUT2D eigenvalue weighted by molar-refractivity contribution is -0.118. The summed E-state index contributed by atoms with van der Waals surface area (Å²) < 4.78 is 5.58. The number of nitrogen functional groups attached to an aromatic ring is 1. The number of hydrogen-bond acceptors (Lipinski definition) is 7. The van der Waals surface area contributed by atoms with Gasteiger partial charge in [0.25, 0.3) is 0 Å². The third-order valence-electron chi connectivity index (χ3n) is 6.14. The van der Waals surface area contributed by atoms with E-state index in [0.717, 1.165) is 79.7 Å². The number of aromatic amines is 1. The van der Waals surface area contributed by atoms with Gasteiger partial charge in [0.15, 0.2) is 5.82 Å². The molecule has 172 valence electrons. The fourth-order valence-electron chi connectivity index (χ4n) is 4.21. The SMILES string of the molecule is CCCCc1nc2c(N)nc3ccc(N4CCN(CCOCCC(C)=O)CC4)cc3c2[nH]1. The van der Waals surface area contributed by atoms with E-state index < -0.39 is 0 Å². The Bertz CT molecular complexity index is 1070. The first-order valence-corrected chi connectivity index (χ1v) is 11.7. The Morgan fingerprint density at radius 1 is 1.19 bits per heavy atom. The first-order valence-electron chi connectivity index (χ1n) is 11.7. The van der Waals surface area contributed by atoms with Crippen LogP contribution in [-0.2, 0) is 16.0 Å². The standard InChI is InChI=1S/C24H34N6O2/c1-3-4-5-21-27-22-19-16-18(6-7-20(19)26-24(25)23(22)28-21)30-11-9-29(10-12-30)13-15-32-14-8-17(2)31/h6-7,16H,3-5,8-15H2,1-2H3,(H2,25,26)(H,27,28). The highest BCUT2D eigenvalue weighted by Crippen LogP contribution is 2.30. The van der Waals surface area contributed by atoms with Gasteiger partial charge in [-0.25, -0.2) is 9.97 Å². The summed E-state index contributed by atoms with van der Waals surface area (Å²) in [6.45, 7) is 9.81. The maximum atomic E-state index is 11.0. The smallest absolute Gasteiger partial charge is 0.152 e. The van der Waals surface area contributed by atoms with Crippen molar-refractivity contribution in [1.29, 1.82) is 0 Å². The number of hydrogen-bond donors (Lipinski definition) is 2. The summed E-state index contributed by atoms with van der Waals surface area (Å²) in [5.74, 6) is 1.64. The summed E-state index contributed by atoms with van der Waals surface area (Å²) in [6.07, 6.45) is 3.65. The third kappa shape index (κ3) is 5.19. The van der Waals surface area contributed by atoms with Crippen LogP contribution in [0.3, 0.4) is 0 Å². The van der Waals surface area contributed by atoms with Gasteiger partial charge in [-0.2, -0.15) is 0 Å². The van der Waals surface area contributed by atoms with E-state index in [4.69, 9.17) is 15.5 Å². The normalized spacial score (nSPS) is 15.1. The lowest BCUT2D eigenvalue weighted by atomic mass is 10.1. The molecule has 1 aliphatic heterocycles. The number of anilines is 2. The van der Waals surface area contributed by atoms with E-state index in [0.29, 0.717) is 25.5 Å². The van der Waals surface area contributed by atoms with Crippen molar-refractivity contribution in [3.8, 4) is 0 Å². The van der Waals surface area contributed by atoms with Crippen LogP contribution in [0.25, 0.3) is 21.9 Å². The van der Waals surface area contributed by atoms with Gasteiger partial charge in [-0.15, -0.1) is 0 Å². The zero-order valence-corrected chi connectivity index (χ0v) is 19.2. The number of pyridine rings is 1. The lowest BCUT2D eigenvalue weighted by Gasteiger charge is -2.36. The van der Waals surface area contributed by atoms with Gasteiger partial charge < -0.3 is 20.4 Å². The summed E-state index contributed by atoms with van der Waals surface area (Å²) >= 11 is 0. The van der Waals surface area contributed by atoms with Crippen molar-refractivity contribution in [2.24, 2.45) is 0 Å². The molecule has 8 heteroatoms. The highest BCUT2D eigenvalue weighted by Gasteiger charge is 2.19. The molecule has 2 aromatic heterocycles.